The summed E-state index contributed by atoms with van der Waals surface area (Å²) in [6, 6.07) is 1.63. The van der Waals surface area contributed by atoms with Crippen LogP contribution in [0, 0.1) is 0 Å². The number of aromatic nitrogens is 3. The molecule has 0 aliphatic heterocycles. The lowest BCUT2D eigenvalue weighted by molar-refractivity contribution is 0.0519. The van der Waals surface area contributed by atoms with E-state index in [1.165, 1.54) is 6.20 Å². The zero-order chi connectivity index (χ0) is 13.5. The van der Waals surface area contributed by atoms with Crippen LogP contribution in [0.15, 0.2) is 16.7 Å². The maximum absolute atomic E-state index is 11.9. The van der Waals surface area contributed by atoms with Crippen molar-refractivity contribution in [1.29, 1.82) is 0 Å². The van der Waals surface area contributed by atoms with Gasteiger partial charge in [0.2, 0.25) is 5.88 Å². The molecule has 0 aliphatic rings. The fraction of sp³-hybridized carbons (Fsp3) is 0.364. The Labute approximate surface area is 112 Å². The normalized spacial score (nSPS) is 11.8. The van der Waals surface area contributed by atoms with Gasteiger partial charge in [0.1, 0.15) is 5.60 Å². The van der Waals surface area contributed by atoms with Crippen LogP contribution in [0.25, 0.3) is 11.0 Å². The van der Waals surface area contributed by atoms with Crippen LogP contribution in [0.2, 0.25) is 0 Å². The summed E-state index contributed by atoms with van der Waals surface area (Å²) in [4.78, 5) is 15.9. The summed E-state index contributed by atoms with van der Waals surface area (Å²) >= 11 is 3.23. The number of nitrogens with zero attached hydrogens (tertiary/aromatic N) is 3. The summed E-state index contributed by atoms with van der Waals surface area (Å²) in [5.41, 5.74) is -0.384. The number of halogens is 1. The number of hydrogen-bond donors (Lipinski definition) is 1. The molecule has 2 rings (SSSR count). The Morgan fingerprint density at radius 3 is 2.78 bits per heavy atom. The number of ether oxygens (including phenoxy) is 1. The highest BCUT2D eigenvalue weighted by Gasteiger charge is 2.22. The fourth-order valence-electron chi connectivity index (χ4n) is 1.39. The van der Waals surface area contributed by atoms with E-state index in [4.69, 9.17) is 4.74 Å². The van der Waals surface area contributed by atoms with Gasteiger partial charge in [-0.25, -0.2) is 9.78 Å². The van der Waals surface area contributed by atoms with Gasteiger partial charge >= 0.3 is 6.09 Å². The van der Waals surface area contributed by atoms with E-state index in [9.17, 15) is 9.90 Å². The maximum Gasteiger partial charge on any atom is 0.437 e. The van der Waals surface area contributed by atoms with Crippen molar-refractivity contribution in [2.24, 2.45) is 0 Å². The second-order valence-electron chi connectivity index (χ2n) is 4.74. The van der Waals surface area contributed by atoms with Crippen molar-refractivity contribution < 1.29 is 14.6 Å². The van der Waals surface area contributed by atoms with Gasteiger partial charge in [0, 0.05) is 10.7 Å². The quantitative estimate of drug-likeness (QED) is 0.809. The van der Waals surface area contributed by atoms with Gasteiger partial charge in [0.15, 0.2) is 5.65 Å². The molecule has 0 bridgehead atoms. The molecule has 0 aliphatic carbocycles. The third kappa shape index (κ3) is 2.45. The van der Waals surface area contributed by atoms with E-state index in [0.717, 1.165) is 4.68 Å². The average Bonchev–Trinajstić information content (AvgIpc) is 2.54. The van der Waals surface area contributed by atoms with Gasteiger partial charge in [-0.2, -0.15) is 0 Å². The summed E-state index contributed by atoms with van der Waals surface area (Å²) < 4.78 is 6.81. The first-order chi connectivity index (χ1) is 8.28. The Balaban J connectivity index is 2.49. The van der Waals surface area contributed by atoms with Gasteiger partial charge in [-0.15, -0.1) is 9.78 Å². The summed E-state index contributed by atoms with van der Waals surface area (Å²) in [6.45, 7) is 5.25. The topological polar surface area (TPSA) is 77.2 Å². The van der Waals surface area contributed by atoms with E-state index in [2.05, 4.69) is 26.0 Å². The first kappa shape index (κ1) is 12.8. The smallest absolute Gasteiger partial charge is 0.437 e. The first-order valence-electron chi connectivity index (χ1n) is 5.24. The van der Waals surface area contributed by atoms with Gasteiger partial charge in [0.05, 0.1) is 5.39 Å². The number of aromatic hydroxyl groups is 1. The molecule has 2 aromatic heterocycles. The van der Waals surface area contributed by atoms with Crippen molar-refractivity contribution in [3.8, 4) is 5.88 Å². The Morgan fingerprint density at radius 1 is 1.50 bits per heavy atom. The Bertz CT molecular complexity index is 616. The van der Waals surface area contributed by atoms with E-state index in [0.29, 0.717) is 9.86 Å². The van der Waals surface area contributed by atoms with Crippen molar-refractivity contribution in [1.82, 2.24) is 14.8 Å². The monoisotopic (exact) mass is 313 g/mol. The van der Waals surface area contributed by atoms with Crippen LogP contribution >= 0.6 is 15.9 Å². The molecule has 0 aromatic carbocycles. The van der Waals surface area contributed by atoms with Crippen LogP contribution in [-0.4, -0.2) is 31.6 Å². The third-order valence-electron chi connectivity index (χ3n) is 2.04. The predicted molar refractivity (Wildman–Crippen MR) is 68.5 cm³/mol. The van der Waals surface area contributed by atoms with E-state index in [1.807, 2.05) is 0 Å². The Hall–Kier alpha value is -1.63. The van der Waals surface area contributed by atoms with Gasteiger partial charge in [-0.1, -0.05) is 0 Å². The molecule has 0 saturated carbocycles. The van der Waals surface area contributed by atoms with Crippen LogP contribution in [0.1, 0.15) is 20.8 Å². The zero-order valence-corrected chi connectivity index (χ0v) is 11.7. The van der Waals surface area contributed by atoms with Crippen LogP contribution in [0.5, 0.6) is 5.88 Å². The highest BCUT2D eigenvalue weighted by molar-refractivity contribution is 9.10. The molecule has 0 unspecified atom stereocenters. The number of carbonyl (C=O) groups excluding carboxylic acids is 1. The standard InChI is InChI=1S/C11H12BrN3O3/c1-11(2,3)18-10(17)15-8-7(9(16)14-15)4-6(12)5-13-8/h4-5H,1-3H3,(H,14,16). The highest BCUT2D eigenvalue weighted by atomic mass is 79.9. The van der Waals surface area contributed by atoms with Crippen LogP contribution in [0.3, 0.4) is 0 Å². The lowest BCUT2D eigenvalue weighted by atomic mass is 10.2. The fourth-order valence-corrected chi connectivity index (χ4v) is 1.73. The largest absolute Gasteiger partial charge is 0.492 e. The second-order valence-corrected chi connectivity index (χ2v) is 5.66. The molecule has 2 aromatic rings. The molecule has 96 valence electrons. The molecule has 0 fully saturated rings. The van der Waals surface area contributed by atoms with Crippen molar-refractivity contribution in [2.45, 2.75) is 26.4 Å². The summed E-state index contributed by atoms with van der Waals surface area (Å²) in [5.74, 6) is -0.260. The van der Waals surface area contributed by atoms with Crippen LogP contribution in [-0.2, 0) is 4.74 Å². The van der Waals surface area contributed by atoms with E-state index >= 15 is 0 Å². The van der Waals surface area contributed by atoms with Crippen molar-refractivity contribution in [3.05, 3.63) is 16.7 Å². The molecule has 18 heavy (non-hydrogen) atoms. The van der Waals surface area contributed by atoms with Gasteiger partial charge in [0.25, 0.3) is 0 Å². The Morgan fingerprint density at radius 2 is 2.17 bits per heavy atom. The minimum atomic E-state index is -0.678. The molecular formula is C11H12BrN3O3. The number of pyridine rings is 1. The molecular weight excluding hydrogens is 302 g/mol. The lowest BCUT2D eigenvalue weighted by Crippen LogP contribution is -2.27. The maximum atomic E-state index is 11.9. The van der Waals surface area contributed by atoms with Crippen LogP contribution < -0.4 is 0 Å². The molecule has 2 heterocycles. The second kappa shape index (κ2) is 4.24. The zero-order valence-electron chi connectivity index (χ0n) is 10.1. The molecule has 6 nitrogen and oxygen atoms in total. The molecule has 0 spiro atoms. The van der Waals surface area contributed by atoms with Crippen molar-refractivity contribution >= 4 is 33.1 Å². The summed E-state index contributed by atoms with van der Waals surface area (Å²) in [6.07, 6.45) is 0.840. The molecule has 0 amide bonds. The third-order valence-corrected chi connectivity index (χ3v) is 2.47. The number of carbonyl (C=O) groups is 1. The molecule has 0 atom stereocenters. The number of hydrogen-bond acceptors (Lipinski definition) is 5. The first-order valence-corrected chi connectivity index (χ1v) is 6.04. The molecule has 7 heteroatoms. The Kier molecular flexibility index (Phi) is 3.02. The van der Waals surface area contributed by atoms with Crippen molar-refractivity contribution in [3.63, 3.8) is 0 Å². The number of rotatable bonds is 0. The average molecular weight is 314 g/mol. The highest BCUT2D eigenvalue weighted by Crippen LogP contribution is 2.25. The van der Waals surface area contributed by atoms with Gasteiger partial charge in [-0.3, -0.25) is 0 Å². The van der Waals surface area contributed by atoms with E-state index in [1.54, 1.807) is 26.8 Å². The predicted octanol–water partition coefficient (Wildman–Crippen LogP) is 2.68. The lowest BCUT2D eigenvalue weighted by Gasteiger charge is -2.18. The van der Waals surface area contributed by atoms with Crippen LogP contribution in [0.4, 0.5) is 4.79 Å². The molecule has 0 radical (unpaired) electrons. The SMILES string of the molecule is CC(C)(C)OC(=O)n1nc(O)c2cc(Br)cnc21. The molecule has 0 saturated heterocycles. The van der Waals surface area contributed by atoms with Gasteiger partial charge in [-0.05, 0) is 42.8 Å². The van der Waals surface area contributed by atoms with E-state index in [-0.39, 0.29) is 11.5 Å². The van der Waals surface area contributed by atoms with Crippen molar-refractivity contribution in [2.75, 3.05) is 0 Å². The number of fused-ring (bicyclic) bond motifs is 1. The van der Waals surface area contributed by atoms with Gasteiger partial charge < -0.3 is 9.84 Å². The minimum Gasteiger partial charge on any atom is -0.492 e. The van der Waals surface area contributed by atoms with E-state index < -0.39 is 11.7 Å². The minimum absolute atomic E-state index is 0.255. The summed E-state index contributed by atoms with van der Waals surface area (Å²) in [7, 11) is 0. The summed E-state index contributed by atoms with van der Waals surface area (Å²) in [5, 5.41) is 13.8. The molecule has 1 N–H and O–H groups in total.